The van der Waals surface area contributed by atoms with E-state index in [1.54, 1.807) is 6.07 Å². The molecule has 1 aromatic heterocycles. The summed E-state index contributed by atoms with van der Waals surface area (Å²) in [6.45, 7) is -0.245. The molecule has 136 valence electrons. The van der Waals surface area contributed by atoms with Crippen LogP contribution in [-0.4, -0.2) is 22.7 Å². The highest BCUT2D eigenvalue weighted by molar-refractivity contribution is 9.10. The van der Waals surface area contributed by atoms with Crippen LogP contribution in [0.4, 0.5) is 0 Å². The van der Waals surface area contributed by atoms with E-state index in [-0.39, 0.29) is 28.4 Å². The van der Waals surface area contributed by atoms with Gasteiger partial charge in [0.25, 0.3) is 0 Å². The Kier molecular flexibility index (Phi) is 3.62. The van der Waals surface area contributed by atoms with Crippen molar-refractivity contribution in [3.63, 3.8) is 0 Å². The second kappa shape index (κ2) is 5.69. The zero-order chi connectivity index (χ0) is 17.9. The number of carbonyl (C=O) groups excluding carboxylic acids is 2. The number of hydrogen-bond donors (Lipinski definition) is 0. The van der Waals surface area contributed by atoms with Crippen LogP contribution in [0.2, 0.25) is 0 Å². The van der Waals surface area contributed by atoms with Gasteiger partial charge in [-0.25, -0.2) is 0 Å². The summed E-state index contributed by atoms with van der Waals surface area (Å²) in [4.78, 5) is 25.3. The van der Waals surface area contributed by atoms with Crippen molar-refractivity contribution in [2.75, 3.05) is 6.61 Å². The zero-order valence-electron chi connectivity index (χ0n) is 14.5. The van der Waals surface area contributed by atoms with Crippen molar-refractivity contribution in [3.8, 4) is 0 Å². The van der Waals surface area contributed by atoms with Crippen LogP contribution >= 0.6 is 15.9 Å². The normalized spacial score (nSPS) is 35.0. The summed E-state index contributed by atoms with van der Waals surface area (Å²) >= 11 is 3.91. The summed E-state index contributed by atoms with van der Waals surface area (Å²) in [5, 5.41) is 0.879. The van der Waals surface area contributed by atoms with E-state index in [1.165, 1.54) is 6.42 Å². The second-order valence-corrected chi connectivity index (χ2v) is 10.2. The molecule has 2 unspecified atom stereocenters. The van der Waals surface area contributed by atoms with E-state index in [2.05, 4.69) is 15.9 Å². The molecule has 4 aliphatic carbocycles. The van der Waals surface area contributed by atoms with Crippen LogP contribution in [0.3, 0.4) is 0 Å². The van der Waals surface area contributed by atoms with Crippen molar-refractivity contribution in [2.45, 2.75) is 42.8 Å². The first kappa shape index (κ1) is 16.5. The van der Waals surface area contributed by atoms with Crippen molar-refractivity contribution in [3.05, 3.63) is 36.1 Å². The highest BCUT2D eigenvalue weighted by atomic mass is 79.9. The van der Waals surface area contributed by atoms with Crippen LogP contribution in [0.25, 0.3) is 11.0 Å². The molecule has 0 radical (unpaired) electrons. The average molecular weight is 417 g/mol. The quantitative estimate of drug-likeness (QED) is 0.404. The first-order valence-corrected chi connectivity index (χ1v) is 10.1. The smallest absolute Gasteiger partial charge is 0.312 e. The third-order valence-corrected chi connectivity index (χ3v) is 7.39. The van der Waals surface area contributed by atoms with Crippen LogP contribution in [0, 0.1) is 17.3 Å². The van der Waals surface area contributed by atoms with Gasteiger partial charge in [-0.15, -0.1) is 0 Å². The Bertz CT molecular complexity index is 851. The molecular weight excluding hydrogens is 396 g/mol. The Morgan fingerprint density at radius 3 is 2.58 bits per heavy atom. The number of rotatable bonds is 4. The fraction of sp³-hybridized carbons (Fsp3) is 0.524. The topological polar surface area (TPSA) is 56.5 Å². The molecule has 4 aliphatic rings. The number of fused-ring (bicyclic) bond motifs is 1. The number of esters is 1. The lowest BCUT2D eigenvalue weighted by Crippen LogP contribution is -2.56. The van der Waals surface area contributed by atoms with Gasteiger partial charge < -0.3 is 9.15 Å². The van der Waals surface area contributed by atoms with Crippen molar-refractivity contribution in [1.29, 1.82) is 0 Å². The van der Waals surface area contributed by atoms with Crippen molar-refractivity contribution < 1.29 is 18.7 Å². The molecule has 1 aromatic carbocycles. The van der Waals surface area contributed by atoms with Gasteiger partial charge in [-0.05, 0) is 62.5 Å². The maximum Gasteiger partial charge on any atom is 0.312 e. The molecule has 4 atom stereocenters. The molecule has 4 fully saturated rings. The number of hydrogen-bond acceptors (Lipinski definition) is 4. The Labute approximate surface area is 160 Å². The van der Waals surface area contributed by atoms with Crippen molar-refractivity contribution >= 4 is 38.7 Å². The third-order valence-electron chi connectivity index (χ3n) is 6.46. The molecule has 26 heavy (non-hydrogen) atoms. The lowest BCUT2D eigenvalue weighted by molar-refractivity contribution is -0.168. The minimum atomic E-state index is -0.401. The Morgan fingerprint density at radius 1 is 1.15 bits per heavy atom. The number of Topliss-reactive ketones (excluding diaryl/α,β-unsaturated/α-hetero) is 1. The molecule has 1 heterocycles. The molecule has 0 amide bonds. The minimum absolute atomic E-state index is 0.0961. The number of halogens is 1. The van der Waals surface area contributed by atoms with Crippen LogP contribution in [0.5, 0.6) is 0 Å². The lowest BCUT2D eigenvalue weighted by atomic mass is 9.49. The van der Waals surface area contributed by atoms with Gasteiger partial charge in [0.05, 0.1) is 5.41 Å². The molecule has 4 bridgehead atoms. The molecule has 4 nitrogen and oxygen atoms in total. The Balaban J connectivity index is 1.29. The van der Waals surface area contributed by atoms with Gasteiger partial charge in [-0.2, -0.15) is 0 Å². The summed E-state index contributed by atoms with van der Waals surface area (Å²) in [6.07, 6.45) is 6.22. The summed E-state index contributed by atoms with van der Waals surface area (Å²) in [7, 11) is 0. The highest BCUT2D eigenvalue weighted by Gasteiger charge is 2.60. The standard InChI is InChI=1S/C21H21BrO4/c22-21-9-13-5-14(10-21)8-20(7-13,12-21)19(24)25-11-16(23)18-6-15-3-1-2-4-17(15)26-18/h1-4,6,13-14H,5,7-12H2/t13-,14+,20?,21?. The first-order chi connectivity index (χ1) is 12.4. The molecular formula is C21H21BrO4. The maximum atomic E-state index is 12.9. The van der Waals surface area contributed by atoms with Gasteiger partial charge in [0.2, 0.25) is 5.78 Å². The SMILES string of the molecule is O=C(COC(=O)C12C[C@@H]3C[C@@H](CC(Br)(C3)C1)C2)c1cc2ccccc2o1. The number of ketones is 1. The predicted octanol–water partition coefficient (Wildman–Crippen LogP) is 4.89. The van der Waals surface area contributed by atoms with Crippen molar-refractivity contribution in [1.82, 2.24) is 0 Å². The number of alkyl halides is 1. The summed E-state index contributed by atoms with van der Waals surface area (Å²) in [6, 6.07) is 9.19. The van der Waals surface area contributed by atoms with E-state index >= 15 is 0 Å². The van der Waals surface area contributed by atoms with Gasteiger partial charge in [0.1, 0.15) is 5.58 Å². The number of benzene rings is 1. The van der Waals surface area contributed by atoms with E-state index < -0.39 is 5.41 Å². The van der Waals surface area contributed by atoms with Gasteiger partial charge in [0.15, 0.2) is 12.4 Å². The number of carbonyl (C=O) groups is 2. The van der Waals surface area contributed by atoms with Gasteiger partial charge in [0, 0.05) is 9.71 Å². The van der Waals surface area contributed by atoms with Gasteiger partial charge in [-0.3, -0.25) is 9.59 Å². The number of ether oxygens (including phenoxy) is 1. The number of para-hydroxylation sites is 1. The fourth-order valence-electron chi connectivity index (χ4n) is 5.86. The molecule has 2 aromatic rings. The van der Waals surface area contributed by atoms with Gasteiger partial charge >= 0.3 is 5.97 Å². The fourth-order valence-corrected chi connectivity index (χ4v) is 7.32. The molecule has 0 saturated heterocycles. The molecule has 6 rings (SSSR count). The van der Waals surface area contributed by atoms with E-state index in [0.29, 0.717) is 17.4 Å². The van der Waals surface area contributed by atoms with Crippen LogP contribution in [-0.2, 0) is 9.53 Å². The average Bonchev–Trinajstić information content (AvgIpc) is 3.01. The molecule has 0 N–H and O–H groups in total. The maximum absolute atomic E-state index is 12.9. The lowest BCUT2D eigenvalue weighted by Gasteiger charge is -2.58. The molecule has 5 heteroatoms. The first-order valence-electron chi connectivity index (χ1n) is 9.33. The highest BCUT2D eigenvalue weighted by Crippen LogP contribution is 2.64. The minimum Gasteiger partial charge on any atom is -0.457 e. The molecule has 0 spiro atoms. The Hall–Kier alpha value is -1.62. The third kappa shape index (κ3) is 2.63. The van der Waals surface area contributed by atoms with Gasteiger partial charge in [-0.1, -0.05) is 34.1 Å². The summed E-state index contributed by atoms with van der Waals surface area (Å²) in [5.74, 6) is 0.984. The van der Waals surface area contributed by atoms with Crippen LogP contribution in [0.15, 0.2) is 34.7 Å². The van der Waals surface area contributed by atoms with E-state index in [0.717, 1.165) is 37.5 Å². The monoisotopic (exact) mass is 416 g/mol. The molecule has 0 aliphatic heterocycles. The summed E-state index contributed by atoms with van der Waals surface area (Å²) in [5.41, 5.74) is 0.270. The summed E-state index contributed by atoms with van der Waals surface area (Å²) < 4.78 is 11.2. The second-order valence-electron chi connectivity index (χ2n) is 8.54. The number of furan rings is 1. The van der Waals surface area contributed by atoms with Crippen LogP contribution in [0.1, 0.15) is 49.1 Å². The van der Waals surface area contributed by atoms with E-state index in [4.69, 9.17) is 9.15 Å². The van der Waals surface area contributed by atoms with E-state index in [9.17, 15) is 9.59 Å². The predicted molar refractivity (Wildman–Crippen MR) is 100 cm³/mol. The van der Waals surface area contributed by atoms with Crippen LogP contribution < -0.4 is 0 Å². The van der Waals surface area contributed by atoms with Crippen molar-refractivity contribution in [2.24, 2.45) is 17.3 Å². The largest absolute Gasteiger partial charge is 0.457 e. The molecule has 4 saturated carbocycles. The van der Waals surface area contributed by atoms with E-state index in [1.807, 2.05) is 24.3 Å². The Morgan fingerprint density at radius 2 is 1.88 bits per heavy atom. The zero-order valence-corrected chi connectivity index (χ0v) is 16.1.